The fourth-order valence-electron chi connectivity index (χ4n) is 1.88. The molecule has 0 radical (unpaired) electrons. The number of halogens is 1. The maximum atomic E-state index is 13.8. The first-order chi connectivity index (χ1) is 10.0. The molecule has 0 spiro atoms. The fraction of sp³-hybridized carbons (Fsp3) is 0.462. The van der Waals surface area contributed by atoms with Gasteiger partial charge in [0, 0.05) is 16.6 Å². The first kappa shape index (κ1) is 14.1. The van der Waals surface area contributed by atoms with Crippen LogP contribution >= 0.6 is 11.8 Å². The number of hydrogen-bond acceptors (Lipinski definition) is 6. The molecule has 2 N–H and O–H groups in total. The zero-order valence-electron chi connectivity index (χ0n) is 11.8. The van der Waals surface area contributed by atoms with E-state index in [2.05, 4.69) is 15.5 Å². The van der Waals surface area contributed by atoms with Crippen molar-refractivity contribution in [2.45, 2.75) is 48.9 Å². The Bertz CT molecular complexity index is 656. The zero-order valence-corrected chi connectivity index (χ0v) is 12.6. The summed E-state index contributed by atoms with van der Waals surface area (Å²) in [6.07, 6.45) is 2.05. The molecule has 0 saturated heterocycles. The molecule has 2 aromatic rings. The van der Waals surface area contributed by atoms with Crippen molar-refractivity contribution in [3.63, 3.8) is 0 Å². The van der Waals surface area contributed by atoms with Crippen LogP contribution in [0, 0.1) is 5.82 Å². The average molecular weight is 309 g/mol. The molecule has 6 nitrogen and oxygen atoms in total. The number of nitrogen functional groups attached to an aromatic ring is 1. The van der Waals surface area contributed by atoms with E-state index >= 15 is 0 Å². The maximum absolute atomic E-state index is 13.8. The molecule has 1 heterocycles. The van der Waals surface area contributed by atoms with Gasteiger partial charge in [0.2, 0.25) is 5.16 Å². The Morgan fingerprint density at radius 1 is 1.43 bits per heavy atom. The van der Waals surface area contributed by atoms with Crippen molar-refractivity contribution in [1.29, 1.82) is 0 Å². The lowest BCUT2D eigenvalue weighted by atomic mass is 10.3. The van der Waals surface area contributed by atoms with Gasteiger partial charge >= 0.3 is 0 Å². The normalized spacial score (nSPS) is 14.7. The van der Waals surface area contributed by atoms with Gasteiger partial charge < -0.3 is 10.5 Å². The summed E-state index contributed by atoms with van der Waals surface area (Å²) in [5.41, 5.74) is 6.23. The molecule has 0 aliphatic heterocycles. The smallest absolute Gasteiger partial charge is 0.214 e. The van der Waals surface area contributed by atoms with Crippen molar-refractivity contribution in [1.82, 2.24) is 20.2 Å². The minimum Gasteiger partial charge on any atom is -0.488 e. The van der Waals surface area contributed by atoms with Crippen LogP contribution in [0.15, 0.2) is 22.2 Å². The van der Waals surface area contributed by atoms with Gasteiger partial charge in [-0.3, -0.25) is 0 Å². The molecule has 0 bridgehead atoms. The van der Waals surface area contributed by atoms with Crippen molar-refractivity contribution in [2.75, 3.05) is 5.73 Å². The number of hydrogen-bond donors (Lipinski definition) is 1. The number of nitrogens with zero attached hydrogens (tertiary/aromatic N) is 4. The standard InChI is InChI=1S/C13H16FN5OS/c1-7(2)20-11-6-12(10(15)5-9(11)14)21-13-16-17-18-19(13)8-3-4-8/h5-8H,3-4,15H2,1-2H3. The third-order valence-electron chi connectivity index (χ3n) is 2.98. The molecule has 1 aromatic heterocycles. The van der Waals surface area contributed by atoms with Gasteiger partial charge in [-0.1, -0.05) is 0 Å². The number of anilines is 1. The van der Waals surface area contributed by atoms with Crippen LogP contribution in [0.2, 0.25) is 0 Å². The van der Waals surface area contributed by atoms with Crippen LogP contribution < -0.4 is 10.5 Å². The number of nitrogens with two attached hydrogens (primary N) is 1. The second kappa shape index (κ2) is 5.51. The number of rotatable bonds is 5. The van der Waals surface area contributed by atoms with Gasteiger partial charge in [0.25, 0.3) is 0 Å². The van der Waals surface area contributed by atoms with Crippen LogP contribution in [-0.4, -0.2) is 26.3 Å². The van der Waals surface area contributed by atoms with E-state index < -0.39 is 5.82 Å². The number of aromatic nitrogens is 4. The van der Waals surface area contributed by atoms with Crippen LogP contribution in [0.25, 0.3) is 0 Å². The topological polar surface area (TPSA) is 78.9 Å². The van der Waals surface area contributed by atoms with E-state index in [1.807, 2.05) is 13.8 Å². The molecule has 21 heavy (non-hydrogen) atoms. The van der Waals surface area contributed by atoms with Gasteiger partial charge in [0.15, 0.2) is 11.6 Å². The van der Waals surface area contributed by atoms with Crippen molar-refractivity contribution < 1.29 is 9.13 Å². The SMILES string of the molecule is CC(C)Oc1cc(Sc2nnnn2C2CC2)c(N)cc1F. The van der Waals surface area contributed by atoms with E-state index in [0.717, 1.165) is 12.8 Å². The molecule has 0 amide bonds. The molecule has 112 valence electrons. The Hall–Kier alpha value is -1.83. The van der Waals surface area contributed by atoms with Gasteiger partial charge in [-0.25, -0.2) is 9.07 Å². The summed E-state index contributed by atoms with van der Waals surface area (Å²) in [4.78, 5) is 0.684. The number of tetrazole rings is 1. The first-order valence-electron chi connectivity index (χ1n) is 6.76. The Balaban J connectivity index is 1.88. The fourth-order valence-corrected chi connectivity index (χ4v) is 2.78. The van der Waals surface area contributed by atoms with Crippen molar-refractivity contribution in [3.05, 3.63) is 17.9 Å². The van der Waals surface area contributed by atoms with E-state index in [9.17, 15) is 4.39 Å². The quantitative estimate of drug-likeness (QED) is 0.855. The van der Waals surface area contributed by atoms with Crippen molar-refractivity contribution >= 4 is 17.4 Å². The first-order valence-corrected chi connectivity index (χ1v) is 7.57. The molecule has 8 heteroatoms. The molecule has 3 rings (SSSR count). The highest BCUT2D eigenvalue weighted by atomic mass is 32.2. The van der Waals surface area contributed by atoms with Crippen molar-refractivity contribution in [3.8, 4) is 5.75 Å². The van der Waals surface area contributed by atoms with Gasteiger partial charge in [-0.05, 0) is 54.9 Å². The zero-order chi connectivity index (χ0) is 15.0. The number of ether oxygens (including phenoxy) is 1. The highest BCUT2D eigenvalue weighted by Gasteiger charge is 2.28. The lowest BCUT2D eigenvalue weighted by molar-refractivity contribution is 0.230. The summed E-state index contributed by atoms with van der Waals surface area (Å²) in [6.45, 7) is 3.69. The lowest BCUT2D eigenvalue weighted by Gasteiger charge is -2.13. The number of benzene rings is 1. The molecule has 0 atom stereocenters. The minimum atomic E-state index is -0.465. The summed E-state index contributed by atoms with van der Waals surface area (Å²) in [7, 11) is 0. The van der Waals surface area contributed by atoms with Gasteiger partial charge in [0.05, 0.1) is 12.1 Å². The highest BCUT2D eigenvalue weighted by Crippen LogP contribution is 2.40. The van der Waals surface area contributed by atoms with Gasteiger partial charge in [0.1, 0.15) is 0 Å². The molecular weight excluding hydrogens is 293 g/mol. The van der Waals surface area contributed by atoms with Gasteiger partial charge in [-0.2, -0.15) is 0 Å². The summed E-state index contributed by atoms with van der Waals surface area (Å²) >= 11 is 1.32. The predicted octanol–water partition coefficient (Wildman–Crippen LogP) is 2.67. The summed E-state index contributed by atoms with van der Waals surface area (Å²) in [5, 5.41) is 12.3. The Labute approximate surface area is 125 Å². The average Bonchev–Trinajstić information content (AvgIpc) is 3.15. The highest BCUT2D eigenvalue weighted by molar-refractivity contribution is 7.99. The van der Waals surface area contributed by atoms with E-state index in [-0.39, 0.29) is 11.9 Å². The molecule has 1 fully saturated rings. The Morgan fingerprint density at radius 2 is 2.19 bits per heavy atom. The third kappa shape index (κ3) is 3.10. The molecule has 1 aromatic carbocycles. The van der Waals surface area contributed by atoms with E-state index in [4.69, 9.17) is 10.5 Å². The monoisotopic (exact) mass is 309 g/mol. The van der Waals surface area contributed by atoms with Crippen LogP contribution in [0.3, 0.4) is 0 Å². The van der Waals surface area contributed by atoms with Crippen LogP contribution in [0.1, 0.15) is 32.7 Å². The second-order valence-electron chi connectivity index (χ2n) is 5.23. The molecular formula is C13H16FN5OS. The van der Waals surface area contributed by atoms with Crippen LogP contribution in [0.4, 0.5) is 10.1 Å². The lowest BCUT2D eigenvalue weighted by Crippen LogP contribution is -2.07. The van der Waals surface area contributed by atoms with E-state index in [0.29, 0.717) is 21.8 Å². The van der Waals surface area contributed by atoms with E-state index in [1.165, 1.54) is 17.8 Å². The Kier molecular flexibility index (Phi) is 3.71. The molecule has 0 unspecified atom stereocenters. The van der Waals surface area contributed by atoms with E-state index in [1.54, 1.807) is 10.7 Å². The predicted molar refractivity (Wildman–Crippen MR) is 76.8 cm³/mol. The minimum absolute atomic E-state index is 0.113. The largest absolute Gasteiger partial charge is 0.488 e. The summed E-state index contributed by atoms with van der Waals surface area (Å²) < 4.78 is 21.1. The van der Waals surface area contributed by atoms with Crippen molar-refractivity contribution in [2.24, 2.45) is 0 Å². The summed E-state index contributed by atoms with van der Waals surface area (Å²) in [5.74, 6) is -0.278. The Morgan fingerprint density at radius 3 is 2.86 bits per heavy atom. The van der Waals surface area contributed by atoms with Crippen LogP contribution in [-0.2, 0) is 0 Å². The van der Waals surface area contributed by atoms with Crippen LogP contribution in [0.5, 0.6) is 5.75 Å². The molecule has 1 aliphatic rings. The van der Waals surface area contributed by atoms with Gasteiger partial charge in [-0.15, -0.1) is 5.10 Å². The maximum Gasteiger partial charge on any atom is 0.214 e. The molecule has 1 aliphatic carbocycles. The second-order valence-corrected chi connectivity index (χ2v) is 6.24. The summed E-state index contributed by atoms with van der Waals surface area (Å²) in [6, 6.07) is 3.24. The molecule has 1 saturated carbocycles. The third-order valence-corrected chi connectivity index (χ3v) is 4.01.